The molecule has 0 aromatic rings. The number of aliphatic imine (C=N–C) groups is 1. The second-order valence-corrected chi connectivity index (χ2v) is 6.68. The SMILES string of the molecule is CCCCCCCCCCCCCC=CC1=NCCN1CCO. The van der Waals surface area contributed by atoms with Crippen molar-refractivity contribution in [2.75, 3.05) is 26.2 Å². The summed E-state index contributed by atoms with van der Waals surface area (Å²) in [5, 5.41) is 9.01. The van der Waals surface area contributed by atoms with Crippen molar-refractivity contribution < 1.29 is 5.11 Å². The molecule has 3 nitrogen and oxygen atoms in total. The lowest BCUT2D eigenvalue weighted by Crippen LogP contribution is -2.29. The summed E-state index contributed by atoms with van der Waals surface area (Å²) in [5.41, 5.74) is 0. The van der Waals surface area contributed by atoms with Gasteiger partial charge in [-0.25, -0.2) is 0 Å². The van der Waals surface area contributed by atoms with Gasteiger partial charge in [0.15, 0.2) is 0 Å². The van der Waals surface area contributed by atoms with Gasteiger partial charge in [0.1, 0.15) is 5.84 Å². The molecule has 1 aliphatic heterocycles. The predicted molar refractivity (Wildman–Crippen MR) is 101 cm³/mol. The summed E-state index contributed by atoms with van der Waals surface area (Å²) in [7, 11) is 0. The average molecular weight is 323 g/mol. The smallest absolute Gasteiger partial charge is 0.123 e. The Morgan fingerprint density at radius 2 is 1.57 bits per heavy atom. The van der Waals surface area contributed by atoms with Gasteiger partial charge in [0.2, 0.25) is 0 Å². The van der Waals surface area contributed by atoms with E-state index in [0.29, 0.717) is 6.54 Å². The normalized spacial score (nSPS) is 14.9. The van der Waals surface area contributed by atoms with Gasteiger partial charge in [0.25, 0.3) is 0 Å². The zero-order valence-electron chi connectivity index (χ0n) is 15.3. The lowest BCUT2D eigenvalue weighted by molar-refractivity contribution is 0.257. The number of hydrogen-bond donors (Lipinski definition) is 1. The molecule has 3 heteroatoms. The van der Waals surface area contributed by atoms with Crippen LogP contribution in [-0.2, 0) is 0 Å². The molecule has 0 amide bonds. The van der Waals surface area contributed by atoms with E-state index in [4.69, 9.17) is 5.11 Å². The number of hydrogen-bond acceptors (Lipinski definition) is 3. The van der Waals surface area contributed by atoms with Gasteiger partial charge >= 0.3 is 0 Å². The van der Waals surface area contributed by atoms with Gasteiger partial charge in [0, 0.05) is 13.1 Å². The Balaban J connectivity index is 1.87. The van der Waals surface area contributed by atoms with Crippen LogP contribution in [0, 0.1) is 0 Å². The number of aliphatic hydroxyl groups is 1. The topological polar surface area (TPSA) is 35.8 Å². The Kier molecular flexibility index (Phi) is 13.0. The van der Waals surface area contributed by atoms with E-state index in [2.05, 4.69) is 29.0 Å². The van der Waals surface area contributed by atoms with Crippen molar-refractivity contribution >= 4 is 5.84 Å². The summed E-state index contributed by atoms with van der Waals surface area (Å²) < 4.78 is 0. The molecule has 0 fully saturated rings. The van der Waals surface area contributed by atoms with E-state index in [1.54, 1.807) is 0 Å². The third-order valence-corrected chi connectivity index (χ3v) is 4.58. The van der Waals surface area contributed by atoms with Crippen molar-refractivity contribution in [3.8, 4) is 0 Å². The van der Waals surface area contributed by atoms with Crippen molar-refractivity contribution in [2.24, 2.45) is 4.99 Å². The van der Waals surface area contributed by atoms with Crippen molar-refractivity contribution in [1.82, 2.24) is 4.90 Å². The fraction of sp³-hybridized carbons (Fsp3) is 0.850. The molecule has 1 N–H and O–H groups in total. The fourth-order valence-corrected chi connectivity index (χ4v) is 3.12. The van der Waals surface area contributed by atoms with Gasteiger partial charge in [-0.15, -0.1) is 0 Å². The van der Waals surface area contributed by atoms with Gasteiger partial charge in [0.05, 0.1) is 13.2 Å². The minimum Gasteiger partial charge on any atom is -0.395 e. The molecular formula is C20H38N2O. The molecule has 0 saturated heterocycles. The van der Waals surface area contributed by atoms with E-state index < -0.39 is 0 Å². The lowest BCUT2D eigenvalue weighted by Gasteiger charge is -2.16. The highest BCUT2D eigenvalue weighted by Crippen LogP contribution is 2.12. The van der Waals surface area contributed by atoms with E-state index in [9.17, 15) is 0 Å². The number of aliphatic hydroxyl groups excluding tert-OH is 1. The van der Waals surface area contributed by atoms with E-state index in [0.717, 1.165) is 25.3 Å². The molecule has 134 valence electrons. The summed E-state index contributed by atoms with van der Waals surface area (Å²) >= 11 is 0. The molecule has 1 heterocycles. The van der Waals surface area contributed by atoms with Crippen molar-refractivity contribution in [1.29, 1.82) is 0 Å². The van der Waals surface area contributed by atoms with Crippen LogP contribution in [0.25, 0.3) is 0 Å². The van der Waals surface area contributed by atoms with Gasteiger partial charge in [-0.1, -0.05) is 77.2 Å². The first-order chi connectivity index (χ1) is 11.4. The van der Waals surface area contributed by atoms with Gasteiger partial charge in [-0.3, -0.25) is 4.99 Å². The van der Waals surface area contributed by atoms with Crippen molar-refractivity contribution in [2.45, 2.75) is 84.0 Å². The molecule has 1 rings (SSSR count). The minimum absolute atomic E-state index is 0.214. The molecule has 1 aliphatic rings. The van der Waals surface area contributed by atoms with Crippen LogP contribution in [0.5, 0.6) is 0 Å². The molecule has 0 aromatic carbocycles. The van der Waals surface area contributed by atoms with Crippen LogP contribution >= 0.6 is 0 Å². The first-order valence-corrected chi connectivity index (χ1v) is 9.95. The van der Waals surface area contributed by atoms with Crippen LogP contribution < -0.4 is 0 Å². The molecule has 0 unspecified atom stereocenters. The van der Waals surface area contributed by atoms with Gasteiger partial charge < -0.3 is 10.0 Å². The first kappa shape index (κ1) is 20.2. The molecule has 0 saturated carbocycles. The summed E-state index contributed by atoms with van der Waals surface area (Å²) in [6.07, 6.45) is 20.9. The number of allylic oxidation sites excluding steroid dienone is 1. The maximum absolute atomic E-state index is 9.01. The number of nitrogens with zero attached hydrogens (tertiary/aromatic N) is 2. The van der Waals surface area contributed by atoms with E-state index in [1.807, 2.05) is 0 Å². The number of amidine groups is 1. The molecule has 0 aliphatic carbocycles. The highest BCUT2D eigenvalue weighted by molar-refractivity contribution is 5.94. The summed E-state index contributed by atoms with van der Waals surface area (Å²) in [6, 6.07) is 0. The highest BCUT2D eigenvalue weighted by atomic mass is 16.3. The predicted octanol–water partition coefficient (Wildman–Crippen LogP) is 4.95. The van der Waals surface area contributed by atoms with Crippen molar-refractivity contribution in [3.05, 3.63) is 12.2 Å². The Hall–Kier alpha value is -0.830. The maximum Gasteiger partial charge on any atom is 0.123 e. The molecule has 0 bridgehead atoms. The maximum atomic E-state index is 9.01. The summed E-state index contributed by atoms with van der Waals surface area (Å²) in [5.74, 6) is 1.06. The standard InChI is InChI=1S/C20H38N2O/c1-2-3-4-5-6-7-8-9-10-11-12-13-14-15-20-21-16-17-22(20)18-19-23/h14-15,23H,2-13,16-19H2,1H3. The largest absolute Gasteiger partial charge is 0.395 e. The Bertz CT molecular complexity index is 326. The quantitative estimate of drug-likeness (QED) is 0.433. The third kappa shape index (κ3) is 10.5. The summed E-state index contributed by atoms with van der Waals surface area (Å²) in [6.45, 7) is 5.03. The second-order valence-electron chi connectivity index (χ2n) is 6.68. The zero-order valence-corrected chi connectivity index (χ0v) is 15.3. The second kappa shape index (κ2) is 14.7. The Labute approximate surface area is 143 Å². The monoisotopic (exact) mass is 322 g/mol. The van der Waals surface area contributed by atoms with E-state index in [-0.39, 0.29) is 6.61 Å². The van der Waals surface area contributed by atoms with E-state index in [1.165, 1.54) is 70.6 Å². The average Bonchev–Trinajstić information content (AvgIpc) is 2.99. The Morgan fingerprint density at radius 1 is 0.957 bits per heavy atom. The number of rotatable bonds is 15. The minimum atomic E-state index is 0.214. The molecule has 0 aromatic heterocycles. The van der Waals surface area contributed by atoms with Gasteiger partial charge in [-0.05, 0) is 18.9 Å². The Morgan fingerprint density at radius 3 is 2.17 bits per heavy atom. The molecular weight excluding hydrogens is 284 g/mol. The van der Waals surface area contributed by atoms with Crippen LogP contribution in [0.2, 0.25) is 0 Å². The molecule has 0 radical (unpaired) electrons. The van der Waals surface area contributed by atoms with Crippen LogP contribution in [0.3, 0.4) is 0 Å². The zero-order chi connectivity index (χ0) is 16.6. The molecule has 0 spiro atoms. The lowest BCUT2D eigenvalue weighted by atomic mass is 10.1. The van der Waals surface area contributed by atoms with Crippen LogP contribution in [0.4, 0.5) is 0 Å². The van der Waals surface area contributed by atoms with Crippen LogP contribution in [0.15, 0.2) is 17.1 Å². The van der Waals surface area contributed by atoms with Gasteiger partial charge in [-0.2, -0.15) is 0 Å². The van der Waals surface area contributed by atoms with Crippen LogP contribution in [-0.4, -0.2) is 42.1 Å². The number of unbranched alkanes of at least 4 members (excludes halogenated alkanes) is 11. The molecule has 23 heavy (non-hydrogen) atoms. The summed E-state index contributed by atoms with van der Waals surface area (Å²) in [4.78, 5) is 6.64. The fourth-order valence-electron chi connectivity index (χ4n) is 3.12. The molecule has 0 atom stereocenters. The highest BCUT2D eigenvalue weighted by Gasteiger charge is 2.12. The van der Waals surface area contributed by atoms with Crippen LogP contribution in [0.1, 0.15) is 84.0 Å². The number of β-amino-alcohol motifs (C(OH)–C–C–N with tert-alkyl or cyclic N) is 1. The third-order valence-electron chi connectivity index (χ3n) is 4.58. The van der Waals surface area contributed by atoms with Crippen molar-refractivity contribution in [3.63, 3.8) is 0 Å². The first-order valence-electron chi connectivity index (χ1n) is 9.95. The van der Waals surface area contributed by atoms with E-state index >= 15 is 0 Å².